The summed E-state index contributed by atoms with van der Waals surface area (Å²) < 4.78 is 0. The van der Waals surface area contributed by atoms with Crippen molar-refractivity contribution in [3.8, 4) is 0 Å². The van der Waals surface area contributed by atoms with Crippen LogP contribution in [0.2, 0.25) is 0 Å². The fourth-order valence-electron chi connectivity index (χ4n) is 1.65. The minimum absolute atomic E-state index is 0.176. The van der Waals surface area contributed by atoms with Gasteiger partial charge in [0, 0.05) is 5.57 Å². The highest BCUT2D eigenvalue weighted by molar-refractivity contribution is 5.84. The van der Waals surface area contributed by atoms with Gasteiger partial charge in [-0.3, -0.25) is 0 Å². The highest BCUT2D eigenvalue weighted by atomic mass is 16.4. The lowest BCUT2D eigenvalue weighted by molar-refractivity contribution is -0.132. The van der Waals surface area contributed by atoms with E-state index in [1.807, 2.05) is 12.1 Å². The van der Waals surface area contributed by atoms with Crippen molar-refractivity contribution in [3.05, 3.63) is 95.6 Å². The Bertz CT molecular complexity index is 668. The van der Waals surface area contributed by atoms with Gasteiger partial charge < -0.3 is 5.11 Å². The number of carboxylic acids is 1. The van der Waals surface area contributed by atoms with E-state index < -0.39 is 5.97 Å². The molecule has 2 nitrogen and oxygen atoms in total. The molecule has 0 saturated carbocycles. The van der Waals surface area contributed by atoms with E-state index in [1.54, 1.807) is 0 Å². The summed E-state index contributed by atoms with van der Waals surface area (Å²) in [5, 5.41) is 7.89. The molecule has 0 radical (unpaired) electrons. The average molecular weight is 306 g/mol. The average Bonchev–Trinajstić information content (AvgIpc) is 2.55. The zero-order chi connectivity index (χ0) is 17.1. The molecular weight excluding hydrogens is 284 g/mol. The maximum Gasteiger partial charge on any atom is 0.330 e. The molecule has 2 rings (SSSR count). The monoisotopic (exact) mass is 306 g/mol. The molecule has 0 aliphatic carbocycles. The van der Waals surface area contributed by atoms with Gasteiger partial charge in [-0.25, -0.2) is 4.79 Å². The van der Waals surface area contributed by atoms with Crippen LogP contribution in [0.25, 0.3) is 12.2 Å². The molecule has 0 aromatic heterocycles. The van der Waals surface area contributed by atoms with Crippen LogP contribution in [0.4, 0.5) is 0 Å². The van der Waals surface area contributed by atoms with E-state index in [2.05, 4.69) is 80.3 Å². The molecule has 0 aliphatic rings. The molecule has 118 valence electrons. The van der Waals surface area contributed by atoms with Gasteiger partial charge >= 0.3 is 5.97 Å². The van der Waals surface area contributed by atoms with Gasteiger partial charge in [0.15, 0.2) is 0 Å². The van der Waals surface area contributed by atoms with Gasteiger partial charge in [0.05, 0.1) is 0 Å². The molecule has 0 spiro atoms. The maximum atomic E-state index is 9.60. The maximum absolute atomic E-state index is 9.60. The second-order valence-corrected chi connectivity index (χ2v) is 5.13. The quantitative estimate of drug-likeness (QED) is 0.602. The van der Waals surface area contributed by atoms with Gasteiger partial charge in [-0.1, -0.05) is 91.0 Å². The number of benzene rings is 2. The Hall–Kier alpha value is -2.87. The van der Waals surface area contributed by atoms with Gasteiger partial charge in [-0.05, 0) is 25.0 Å². The Morgan fingerprint density at radius 3 is 1.78 bits per heavy atom. The lowest BCUT2D eigenvalue weighted by Gasteiger charge is -1.95. The van der Waals surface area contributed by atoms with Crippen molar-refractivity contribution in [1.29, 1.82) is 0 Å². The van der Waals surface area contributed by atoms with E-state index in [4.69, 9.17) is 5.11 Å². The van der Waals surface area contributed by atoms with E-state index in [0.717, 1.165) is 0 Å². The van der Waals surface area contributed by atoms with E-state index in [9.17, 15) is 4.79 Å². The third-order valence-electron chi connectivity index (χ3n) is 2.90. The molecule has 0 fully saturated rings. The van der Waals surface area contributed by atoms with Crippen LogP contribution < -0.4 is 0 Å². The molecule has 2 aromatic rings. The Morgan fingerprint density at radius 1 is 0.913 bits per heavy atom. The molecule has 0 heterocycles. The number of rotatable bonds is 4. The first-order valence-electron chi connectivity index (χ1n) is 7.34. The van der Waals surface area contributed by atoms with Crippen LogP contribution in [0.3, 0.4) is 0 Å². The highest BCUT2D eigenvalue weighted by Crippen LogP contribution is 2.09. The first kappa shape index (κ1) is 18.2. The summed E-state index contributed by atoms with van der Waals surface area (Å²) >= 11 is 0. The lowest BCUT2D eigenvalue weighted by Crippen LogP contribution is -1.92. The Morgan fingerprint density at radius 2 is 1.35 bits per heavy atom. The van der Waals surface area contributed by atoms with E-state index in [0.29, 0.717) is 0 Å². The van der Waals surface area contributed by atoms with Crippen molar-refractivity contribution in [2.45, 2.75) is 13.8 Å². The number of hydrogen-bond acceptors (Lipinski definition) is 1. The van der Waals surface area contributed by atoms with Crippen LogP contribution in [0.15, 0.2) is 84.5 Å². The predicted octanol–water partition coefficient (Wildman–Crippen LogP) is 5.45. The molecule has 2 aromatic carbocycles. The number of hydrogen-bond donors (Lipinski definition) is 1. The SMILES string of the molecule is C=C(C)C(=O)O.CC(C=Cc1ccccc1)=Cc1ccccc1. The summed E-state index contributed by atoms with van der Waals surface area (Å²) in [4.78, 5) is 9.60. The van der Waals surface area contributed by atoms with Gasteiger partial charge in [0.1, 0.15) is 0 Å². The second kappa shape index (κ2) is 9.96. The minimum atomic E-state index is -0.935. The summed E-state index contributed by atoms with van der Waals surface area (Å²) in [7, 11) is 0. The van der Waals surface area contributed by atoms with Gasteiger partial charge in [-0.15, -0.1) is 0 Å². The number of aliphatic carboxylic acids is 1. The van der Waals surface area contributed by atoms with E-state index in [1.165, 1.54) is 23.6 Å². The second-order valence-electron chi connectivity index (χ2n) is 5.13. The zero-order valence-electron chi connectivity index (χ0n) is 13.6. The van der Waals surface area contributed by atoms with Crippen LogP contribution in [0, 0.1) is 0 Å². The van der Waals surface area contributed by atoms with Crippen LogP contribution in [-0.2, 0) is 4.79 Å². The molecule has 0 unspecified atom stereocenters. The fraction of sp³-hybridized carbons (Fsp3) is 0.0952. The summed E-state index contributed by atoms with van der Waals surface area (Å²) in [5.74, 6) is -0.935. The third kappa shape index (κ3) is 8.22. The zero-order valence-corrected chi connectivity index (χ0v) is 13.6. The summed E-state index contributed by atoms with van der Waals surface area (Å²) in [6.45, 7) is 6.72. The molecule has 23 heavy (non-hydrogen) atoms. The molecule has 0 aliphatic heterocycles. The topological polar surface area (TPSA) is 37.3 Å². The van der Waals surface area contributed by atoms with Crippen molar-refractivity contribution in [2.24, 2.45) is 0 Å². The van der Waals surface area contributed by atoms with Gasteiger partial charge in [-0.2, -0.15) is 0 Å². The molecule has 0 saturated heterocycles. The van der Waals surface area contributed by atoms with Gasteiger partial charge in [0.25, 0.3) is 0 Å². The van der Waals surface area contributed by atoms with Crippen LogP contribution >= 0.6 is 0 Å². The molecule has 0 atom stereocenters. The number of allylic oxidation sites excluding steroid dienone is 2. The van der Waals surface area contributed by atoms with Crippen molar-refractivity contribution in [2.75, 3.05) is 0 Å². The summed E-state index contributed by atoms with van der Waals surface area (Å²) in [6, 6.07) is 20.7. The molecule has 1 N–H and O–H groups in total. The number of carboxylic acid groups (broad SMARTS) is 1. The van der Waals surface area contributed by atoms with Crippen molar-refractivity contribution >= 4 is 18.1 Å². The molecule has 0 amide bonds. The minimum Gasteiger partial charge on any atom is -0.478 e. The smallest absolute Gasteiger partial charge is 0.330 e. The predicted molar refractivity (Wildman–Crippen MR) is 98.0 cm³/mol. The van der Waals surface area contributed by atoms with Crippen LogP contribution in [0.5, 0.6) is 0 Å². The van der Waals surface area contributed by atoms with Gasteiger partial charge in [0.2, 0.25) is 0 Å². The Labute approximate surface area is 138 Å². The first-order valence-corrected chi connectivity index (χ1v) is 7.34. The highest BCUT2D eigenvalue weighted by Gasteiger charge is 1.90. The van der Waals surface area contributed by atoms with Crippen LogP contribution in [-0.4, -0.2) is 11.1 Å². The van der Waals surface area contributed by atoms with Crippen LogP contribution in [0.1, 0.15) is 25.0 Å². The normalized spacial score (nSPS) is 10.8. The third-order valence-corrected chi connectivity index (χ3v) is 2.90. The molecular formula is C21H22O2. The Balaban J connectivity index is 0.000000379. The number of carbonyl (C=O) groups is 1. The standard InChI is InChI=1S/C17H16.C4H6O2/c1-15(14-17-10-6-3-7-11-17)12-13-16-8-4-2-5-9-16;1-3(2)4(5)6/h2-14H,1H3;1H2,2H3,(H,5,6). The largest absolute Gasteiger partial charge is 0.478 e. The summed E-state index contributed by atoms with van der Waals surface area (Å²) in [5.41, 5.74) is 3.89. The van der Waals surface area contributed by atoms with Crippen molar-refractivity contribution in [3.63, 3.8) is 0 Å². The van der Waals surface area contributed by atoms with Crippen molar-refractivity contribution < 1.29 is 9.90 Å². The van der Waals surface area contributed by atoms with Crippen molar-refractivity contribution in [1.82, 2.24) is 0 Å². The van der Waals surface area contributed by atoms with E-state index in [-0.39, 0.29) is 5.57 Å². The lowest BCUT2D eigenvalue weighted by atomic mass is 10.1. The fourth-order valence-corrected chi connectivity index (χ4v) is 1.65. The summed E-state index contributed by atoms with van der Waals surface area (Å²) in [6.07, 6.45) is 6.45. The molecule has 2 heteroatoms. The van der Waals surface area contributed by atoms with E-state index >= 15 is 0 Å². The molecule has 0 bridgehead atoms. The Kier molecular flexibility index (Phi) is 7.87. The first-order chi connectivity index (χ1) is 11.0.